The Hall–Kier alpha value is -2.61. The smallest absolute Gasteiger partial charge is 0.410 e. The van der Waals surface area contributed by atoms with E-state index in [9.17, 15) is 19.5 Å². The van der Waals surface area contributed by atoms with E-state index in [0.717, 1.165) is 24.8 Å². The topological polar surface area (TPSA) is 108 Å². The van der Waals surface area contributed by atoms with Crippen LogP contribution in [0.25, 0.3) is 0 Å². The average Bonchev–Trinajstić information content (AvgIpc) is 3.37. The molecule has 34 heavy (non-hydrogen) atoms. The normalized spacial score (nSPS) is 15.6. The Kier molecular flexibility index (Phi) is 15.4. The lowest BCUT2D eigenvalue weighted by Crippen LogP contribution is -2.54. The number of nitrogens with one attached hydrogen (secondary N) is 2. The third-order valence-corrected chi connectivity index (χ3v) is 5.64. The predicted molar refractivity (Wildman–Crippen MR) is 133 cm³/mol. The van der Waals surface area contributed by atoms with Crippen molar-refractivity contribution in [1.82, 2.24) is 15.5 Å². The molecule has 1 aliphatic heterocycles. The number of hydrogen-bond acceptors (Lipinski definition) is 5. The van der Waals surface area contributed by atoms with Crippen molar-refractivity contribution in [2.45, 2.75) is 90.8 Å². The highest BCUT2D eigenvalue weighted by atomic mass is 16.6. The van der Waals surface area contributed by atoms with E-state index in [2.05, 4.69) is 17.6 Å². The van der Waals surface area contributed by atoms with Gasteiger partial charge in [-0.2, -0.15) is 0 Å². The number of aliphatic hydroxyl groups excluding tert-OH is 1. The highest BCUT2D eigenvalue weighted by molar-refractivity contribution is 5.91. The summed E-state index contributed by atoms with van der Waals surface area (Å²) < 4.78 is 5.35. The summed E-state index contributed by atoms with van der Waals surface area (Å²) in [6.45, 7) is 6.73. The van der Waals surface area contributed by atoms with Gasteiger partial charge >= 0.3 is 6.09 Å². The molecule has 8 nitrogen and oxygen atoms in total. The average molecular weight is 478 g/mol. The van der Waals surface area contributed by atoms with Gasteiger partial charge in [0.15, 0.2) is 0 Å². The third kappa shape index (κ3) is 10.5. The van der Waals surface area contributed by atoms with Crippen LogP contribution in [-0.4, -0.2) is 59.7 Å². The molecule has 2 atom stereocenters. The number of unbranched alkanes of at least 4 members (excludes halogenated alkanes) is 5. The summed E-state index contributed by atoms with van der Waals surface area (Å²) in [5.74, 6) is -0.862. The molecule has 3 amide bonds. The minimum atomic E-state index is -1.04. The number of amides is 3. The lowest BCUT2D eigenvalue weighted by atomic mass is 10.1. The van der Waals surface area contributed by atoms with Gasteiger partial charge in [-0.1, -0.05) is 83.2 Å². The Morgan fingerprint density at radius 2 is 1.76 bits per heavy atom. The number of benzene rings is 1. The Balaban J connectivity index is 0.00000281. The van der Waals surface area contributed by atoms with Gasteiger partial charge in [-0.3, -0.25) is 14.5 Å². The molecule has 192 valence electrons. The zero-order valence-electron chi connectivity index (χ0n) is 21.1. The SMILES string of the molecule is CC.CCCCCCCCNC(=O)C(CO)NC(=O)[C@@H]1CCCN1C(=O)OCc1ccccc1. The molecule has 8 heteroatoms. The van der Waals surface area contributed by atoms with Gasteiger partial charge in [-0.15, -0.1) is 0 Å². The summed E-state index contributed by atoms with van der Waals surface area (Å²) in [5, 5.41) is 15.0. The second-order valence-electron chi connectivity index (χ2n) is 8.19. The van der Waals surface area contributed by atoms with Crippen LogP contribution in [0.4, 0.5) is 4.79 Å². The summed E-state index contributed by atoms with van der Waals surface area (Å²) in [4.78, 5) is 39.0. The first-order valence-corrected chi connectivity index (χ1v) is 12.7. The Labute approximate surface area is 204 Å². The molecule has 1 aromatic rings. The van der Waals surface area contributed by atoms with E-state index >= 15 is 0 Å². The minimum absolute atomic E-state index is 0.130. The maximum atomic E-state index is 12.7. The first-order valence-electron chi connectivity index (χ1n) is 12.7. The monoisotopic (exact) mass is 477 g/mol. The maximum Gasteiger partial charge on any atom is 0.410 e. The molecule has 0 aromatic heterocycles. The van der Waals surface area contributed by atoms with Crippen molar-refractivity contribution < 1.29 is 24.2 Å². The molecule has 0 radical (unpaired) electrons. The second-order valence-corrected chi connectivity index (χ2v) is 8.19. The van der Waals surface area contributed by atoms with Crippen LogP contribution in [0.15, 0.2) is 30.3 Å². The Bertz CT molecular complexity index is 714. The molecule has 0 bridgehead atoms. The van der Waals surface area contributed by atoms with E-state index < -0.39 is 36.6 Å². The zero-order chi connectivity index (χ0) is 25.2. The van der Waals surface area contributed by atoms with E-state index in [1.807, 2.05) is 44.2 Å². The van der Waals surface area contributed by atoms with Crippen LogP contribution in [-0.2, 0) is 20.9 Å². The van der Waals surface area contributed by atoms with Crippen LogP contribution in [0, 0.1) is 0 Å². The van der Waals surface area contributed by atoms with Crippen LogP contribution in [0.2, 0.25) is 0 Å². The molecule has 0 spiro atoms. The zero-order valence-corrected chi connectivity index (χ0v) is 21.1. The summed E-state index contributed by atoms with van der Waals surface area (Å²) in [6, 6.07) is 7.58. The van der Waals surface area contributed by atoms with Gasteiger partial charge in [0.1, 0.15) is 18.7 Å². The number of nitrogens with zero attached hydrogens (tertiary/aromatic N) is 1. The number of carbonyl (C=O) groups is 3. The second kappa shape index (κ2) is 17.8. The molecule has 2 rings (SSSR count). The number of likely N-dealkylation sites (tertiary alicyclic amines) is 1. The van der Waals surface area contributed by atoms with Gasteiger partial charge in [0.25, 0.3) is 0 Å². The van der Waals surface area contributed by atoms with E-state index in [0.29, 0.717) is 25.9 Å². The van der Waals surface area contributed by atoms with Crippen LogP contribution >= 0.6 is 0 Å². The standard InChI is InChI=1S/C24H37N3O5.C2H6/c1-2-3-4-5-6-10-15-25-22(29)20(17-28)26-23(30)21-14-11-16-27(21)24(31)32-18-19-12-8-7-9-13-19;1-2/h7-9,12-13,20-21,28H,2-6,10-11,14-18H2,1H3,(H,25,29)(H,26,30);1-2H3/t20?,21-;/m0./s1. The number of ether oxygens (including phenoxy) is 1. The Morgan fingerprint density at radius 3 is 2.44 bits per heavy atom. The van der Waals surface area contributed by atoms with Crippen LogP contribution < -0.4 is 10.6 Å². The highest BCUT2D eigenvalue weighted by Crippen LogP contribution is 2.19. The molecular formula is C26H43N3O5. The predicted octanol–water partition coefficient (Wildman–Crippen LogP) is 3.77. The van der Waals surface area contributed by atoms with E-state index in [-0.39, 0.29) is 6.61 Å². The lowest BCUT2D eigenvalue weighted by molar-refractivity contribution is -0.132. The first-order chi connectivity index (χ1) is 16.6. The molecule has 1 heterocycles. The van der Waals surface area contributed by atoms with Gasteiger partial charge in [0.05, 0.1) is 6.61 Å². The molecule has 3 N–H and O–H groups in total. The largest absolute Gasteiger partial charge is 0.445 e. The van der Waals surface area contributed by atoms with E-state index in [1.165, 1.54) is 24.2 Å². The van der Waals surface area contributed by atoms with Crippen molar-refractivity contribution in [2.75, 3.05) is 19.7 Å². The summed E-state index contributed by atoms with van der Waals surface area (Å²) in [6.07, 6.45) is 7.27. The molecule has 0 saturated carbocycles. The van der Waals surface area contributed by atoms with Gasteiger partial charge in [0.2, 0.25) is 11.8 Å². The molecule has 1 unspecified atom stereocenters. The number of aliphatic hydroxyl groups is 1. The summed E-state index contributed by atoms with van der Waals surface area (Å²) in [5.41, 5.74) is 0.864. The number of carbonyl (C=O) groups excluding carboxylic acids is 3. The molecule has 1 aromatic carbocycles. The fourth-order valence-electron chi connectivity index (χ4n) is 3.76. The Morgan fingerprint density at radius 1 is 1.09 bits per heavy atom. The van der Waals surface area contributed by atoms with Crippen LogP contribution in [0.1, 0.15) is 77.7 Å². The lowest BCUT2D eigenvalue weighted by Gasteiger charge is -2.25. The van der Waals surface area contributed by atoms with Crippen molar-refractivity contribution in [3.8, 4) is 0 Å². The minimum Gasteiger partial charge on any atom is -0.445 e. The van der Waals surface area contributed by atoms with Crippen molar-refractivity contribution in [3.05, 3.63) is 35.9 Å². The summed E-state index contributed by atoms with van der Waals surface area (Å²) >= 11 is 0. The van der Waals surface area contributed by atoms with Crippen molar-refractivity contribution in [1.29, 1.82) is 0 Å². The van der Waals surface area contributed by atoms with E-state index in [4.69, 9.17) is 4.74 Å². The first kappa shape index (κ1) is 29.4. The third-order valence-electron chi connectivity index (χ3n) is 5.64. The number of rotatable bonds is 13. The highest BCUT2D eigenvalue weighted by Gasteiger charge is 2.36. The summed E-state index contributed by atoms with van der Waals surface area (Å²) in [7, 11) is 0. The fourth-order valence-corrected chi connectivity index (χ4v) is 3.76. The van der Waals surface area contributed by atoms with Crippen molar-refractivity contribution in [3.63, 3.8) is 0 Å². The molecular weight excluding hydrogens is 434 g/mol. The molecule has 1 saturated heterocycles. The van der Waals surface area contributed by atoms with Crippen molar-refractivity contribution >= 4 is 17.9 Å². The van der Waals surface area contributed by atoms with Gasteiger partial charge in [-0.25, -0.2) is 4.79 Å². The molecule has 1 fully saturated rings. The number of hydrogen-bond donors (Lipinski definition) is 3. The van der Waals surface area contributed by atoms with Gasteiger partial charge in [0, 0.05) is 13.1 Å². The fraction of sp³-hybridized carbons (Fsp3) is 0.654. The molecule has 0 aliphatic carbocycles. The van der Waals surface area contributed by atoms with E-state index in [1.54, 1.807) is 0 Å². The quantitative estimate of drug-likeness (QED) is 0.375. The van der Waals surface area contributed by atoms with Gasteiger partial charge in [-0.05, 0) is 24.8 Å². The van der Waals surface area contributed by atoms with Crippen LogP contribution in [0.5, 0.6) is 0 Å². The van der Waals surface area contributed by atoms with Crippen molar-refractivity contribution in [2.24, 2.45) is 0 Å². The molecule has 1 aliphatic rings. The van der Waals surface area contributed by atoms with Gasteiger partial charge < -0.3 is 20.5 Å². The maximum absolute atomic E-state index is 12.7. The van der Waals surface area contributed by atoms with Crippen LogP contribution in [0.3, 0.4) is 0 Å².